The Balaban J connectivity index is 1.99. The van der Waals surface area contributed by atoms with Crippen LogP contribution >= 0.6 is 11.8 Å². The van der Waals surface area contributed by atoms with Gasteiger partial charge in [-0.15, -0.1) is 16.4 Å². The van der Waals surface area contributed by atoms with E-state index in [0.717, 1.165) is 11.3 Å². The molecule has 0 unspecified atom stereocenters. The first kappa shape index (κ1) is 13.2. The predicted molar refractivity (Wildman–Crippen MR) is 72.7 cm³/mol. The maximum atomic E-state index is 11.7. The van der Waals surface area contributed by atoms with E-state index in [0.29, 0.717) is 18.7 Å². The van der Waals surface area contributed by atoms with E-state index in [4.69, 9.17) is 0 Å². The summed E-state index contributed by atoms with van der Waals surface area (Å²) in [7, 11) is 1.92. The summed E-state index contributed by atoms with van der Waals surface area (Å²) in [6.45, 7) is 2.48. The van der Waals surface area contributed by atoms with E-state index >= 15 is 0 Å². The summed E-state index contributed by atoms with van der Waals surface area (Å²) in [5.41, 5.74) is 2.03. The van der Waals surface area contributed by atoms with E-state index in [1.54, 1.807) is 11.8 Å². The molecule has 1 aromatic heterocycles. The van der Waals surface area contributed by atoms with Gasteiger partial charge < -0.3 is 5.11 Å². The molecule has 20 heavy (non-hydrogen) atoms. The third-order valence-corrected chi connectivity index (χ3v) is 5.07. The Morgan fingerprint density at radius 3 is 2.90 bits per heavy atom. The molecule has 7 heteroatoms. The van der Waals surface area contributed by atoms with Crippen molar-refractivity contribution in [3.63, 3.8) is 0 Å². The van der Waals surface area contributed by atoms with Gasteiger partial charge in [0.1, 0.15) is 12.2 Å². The zero-order valence-electron chi connectivity index (χ0n) is 11.4. The molecule has 2 aliphatic heterocycles. The number of aliphatic carboxylic acids is 1. The van der Waals surface area contributed by atoms with E-state index < -0.39 is 5.97 Å². The third-order valence-electron chi connectivity index (χ3n) is 3.79. The van der Waals surface area contributed by atoms with E-state index in [-0.39, 0.29) is 17.0 Å². The zero-order valence-corrected chi connectivity index (χ0v) is 12.2. The zero-order chi connectivity index (χ0) is 14.4. The number of carbonyl (C=O) groups excluding carboxylic acids is 1. The fourth-order valence-corrected chi connectivity index (χ4v) is 3.90. The van der Waals surface area contributed by atoms with Gasteiger partial charge in [0, 0.05) is 11.8 Å². The Morgan fingerprint density at radius 2 is 2.35 bits per heavy atom. The van der Waals surface area contributed by atoms with Gasteiger partial charge in [0.2, 0.25) is 5.91 Å². The number of β-lactam (4-membered cyclic amide) rings is 1. The molecule has 0 aliphatic carbocycles. The fourth-order valence-electron chi connectivity index (χ4n) is 2.65. The number of carbonyl (C=O) groups is 2. The first-order valence-corrected chi connectivity index (χ1v) is 7.45. The van der Waals surface area contributed by atoms with Crippen molar-refractivity contribution in [3.8, 4) is 0 Å². The normalized spacial score (nSPS) is 21.8. The lowest BCUT2D eigenvalue weighted by molar-refractivity contribution is -0.753. The van der Waals surface area contributed by atoms with Crippen LogP contribution in [0.5, 0.6) is 0 Å². The van der Waals surface area contributed by atoms with Crippen LogP contribution in [0.1, 0.15) is 12.1 Å². The maximum Gasteiger partial charge on any atom is 0.352 e. The Hall–Kier alpha value is -1.76. The topological polar surface area (TPSA) is 66.4 Å². The Labute approximate surface area is 120 Å². The smallest absolute Gasteiger partial charge is 0.352 e. The van der Waals surface area contributed by atoms with Crippen LogP contribution in [0.15, 0.2) is 23.5 Å². The molecule has 106 valence electrons. The molecule has 1 fully saturated rings. The number of hydrogen-bond donors (Lipinski definition) is 1. The Bertz CT molecular complexity index is 615. The monoisotopic (exact) mass is 294 g/mol. The summed E-state index contributed by atoms with van der Waals surface area (Å²) in [6.07, 6.45) is 2.38. The second-order valence-electron chi connectivity index (χ2n) is 5.08. The number of amides is 1. The van der Waals surface area contributed by atoms with Crippen LogP contribution < -0.4 is 4.68 Å². The van der Waals surface area contributed by atoms with Crippen molar-refractivity contribution in [3.05, 3.63) is 29.2 Å². The second-order valence-corrected chi connectivity index (χ2v) is 6.25. The van der Waals surface area contributed by atoms with Crippen LogP contribution in [0.4, 0.5) is 0 Å². The molecular weight excluding hydrogens is 278 g/mol. The van der Waals surface area contributed by atoms with Crippen molar-refractivity contribution < 1.29 is 19.4 Å². The number of thioether (sulfide) groups is 1. The molecule has 1 saturated heterocycles. The maximum absolute atomic E-state index is 11.7. The summed E-state index contributed by atoms with van der Waals surface area (Å²) in [5, 5.41) is 9.45. The van der Waals surface area contributed by atoms with Crippen LogP contribution in [0.3, 0.4) is 0 Å². The number of aryl methyl sites for hydroxylation is 2. The number of rotatable bonds is 3. The average Bonchev–Trinajstić information content (AvgIpc) is 2.70. The van der Waals surface area contributed by atoms with Crippen LogP contribution in [-0.2, 0) is 23.2 Å². The number of aromatic nitrogens is 2. The molecule has 0 saturated carbocycles. The Morgan fingerprint density at radius 1 is 1.60 bits per heavy atom. The summed E-state index contributed by atoms with van der Waals surface area (Å²) in [6, 6.07) is 1.98. The molecule has 3 rings (SSSR count). The van der Waals surface area contributed by atoms with E-state index in [2.05, 4.69) is 0 Å². The number of carboxylic acids is 1. The van der Waals surface area contributed by atoms with E-state index in [9.17, 15) is 14.7 Å². The van der Waals surface area contributed by atoms with E-state index in [1.165, 1.54) is 4.90 Å². The molecule has 1 aromatic rings. The molecule has 0 radical (unpaired) electrons. The number of carboxylic acid groups (broad SMARTS) is 1. The predicted octanol–water partition coefficient (Wildman–Crippen LogP) is 0.265. The van der Waals surface area contributed by atoms with Crippen molar-refractivity contribution in [2.24, 2.45) is 7.05 Å². The van der Waals surface area contributed by atoms with Gasteiger partial charge in [-0.3, -0.25) is 9.69 Å². The van der Waals surface area contributed by atoms with Crippen LogP contribution in [0.25, 0.3) is 0 Å². The van der Waals surface area contributed by atoms with Crippen LogP contribution in [0, 0.1) is 6.92 Å². The average molecular weight is 294 g/mol. The molecule has 2 aliphatic rings. The number of fused-ring (bicyclic) bond motifs is 1. The molecular formula is C13H16N3O3S+. The largest absolute Gasteiger partial charge is 0.477 e. The van der Waals surface area contributed by atoms with Crippen molar-refractivity contribution in [2.45, 2.75) is 25.3 Å². The molecule has 1 atom stereocenters. The lowest BCUT2D eigenvalue weighted by atomic mass is 10.1. The minimum absolute atomic E-state index is 0.0110. The molecule has 1 N–H and O–H groups in total. The van der Waals surface area contributed by atoms with Crippen LogP contribution in [-0.4, -0.2) is 37.7 Å². The van der Waals surface area contributed by atoms with Gasteiger partial charge in [0.05, 0.1) is 17.5 Å². The van der Waals surface area contributed by atoms with Crippen LogP contribution in [0.2, 0.25) is 0 Å². The first-order chi connectivity index (χ1) is 9.49. The fraction of sp³-hybridized carbons (Fsp3) is 0.462. The molecule has 1 amide bonds. The van der Waals surface area contributed by atoms with Crippen molar-refractivity contribution in [1.82, 2.24) is 9.58 Å². The van der Waals surface area contributed by atoms with Gasteiger partial charge in [-0.2, -0.15) is 4.68 Å². The van der Waals surface area contributed by atoms with Crippen molar-refractivity contribution in [1.29, 1.82) is 0 Å². The summed E-state index contributed by atoms with van der Waals surface area (Å²) < 4.78 is 3.93. The molecule has 0 aromatic carbocycles. The Kier molecular flexibility index (Phi) is 3.08. The first-order valence-electron chi connectivity index (χ1n) is 6.40. The van der Waals surface area contributed by atoms with Gasteiger partial charge in [0.25, 0.3) is 0 Å². The number of nitrogens with zero attached hydrogens (tertiary/aromatic N) is 3. The highest BCUT2D eigenvalue weighted by molar-refractivity contribution is 8.00. The summed E-state index contributed by atoms with van der Waals surface area (Å²) in [5.74, 6) is -0.440. The van der Waals surface area contributed by atoms with E-state index in [1.807, 2.05) is 35.6 Å². The molecule has 0 spiro atoms. The minimum Gasteiger partial charge on any atom is -0.477 e. The summed E-state index contributed by atoms with van der Waals surface area (Å²) >= 11 is 1.64. The standard InChI is InChI=1S/C13H15N3O3S/c1-8-3-4-14(2)15(8)6-9-7-20-11-5-10(17)16(11)12(9)13(18)19/h3-4,11H,5-7H2,1-2H3/p+1/t11-/m1/s1. The lowest BCUT2D eigenvalue weighted by Crippen LogP contribution is -2.54. The minimum atomic E-state index is -1.01. The van der Waals surface area contributed by atoms with Gasteiger partial charge >= 0.3 is 5.97 Å². The lowest BCUT2D eigenvalue weighted by Gasteiger charge is -2.43. The van der Waals surface area contributed by atoms with Crippen molar-refractivity contribution >= 4 is 23.6 Å². The molecule has 3 heterocycles. The van der Waals surface area contributed by atoms with Gasteiger partial charge in [-0.1, -0.05) is 0 Å². The summed E-state index contributed by atoms with van der Waals surface area (Å²) in [4.78, 5) is 24.6. The van der Waals surface area contributed by atoms with Crippen molar-refractivity contribution in [2.75, 3.05) is 5.75 Å². The third kappa shape index (κ3) is 1.93. The highest BCUT2D eigenvalue weighted by Gasteiger charge is 2.45. The van der Waals surface area contributed by atoms with Gasteiger partial charge in [-0.25, -0.2) is 4.79 Å². The molecule has 6 nitrogen and oxygen atoms in total. The second kappa shape index (κ2) is 4.66. The van der Waals surface area contributed by atoms with Gasteiger partial charge in [0.15, 0.2) is 13.2 Å². The highest BCUT2D eigenvalue weighted by Crippen LogP contribution is 2.40. The highest BCUT2D eigenvalue weighted by atomic mass is 32.2. The quantitative estimate of drug-likeness (QED) is 0.642. The molecule has 0 bridgehead atoms. The SMILES string of the molecule is Cc1cc[n+](C)n1CC1=C(C(=O)O)N2C(=O)C[C@H]2SC1. The number of hydrogen-bond acceptors (Lipinski definition) is 3. The van der Waals surface area contributed by atoms with Gasteiger partial charge in [-0.05, 0) is 12.5 Å².